The third kappa shape index (κ3) is 4.69. The first kappa shape index (κ1) is 20.5. The zero-order valence-electron chi connectivity index (χ0n) is 16.5. The van der Waals surface area contributed by atoms with E-state index in [1.807, 2.05) is 12.1 Å². The predicted molar refractivity (Wildman–Crippen MR) is 110 cm³/mol. The van der Waals surface area contributed by atoms with E-state index in [2.05, 4.69) is 20.1 Å². The lowest BCUT2D eigenvalue weighted by atomic mass is 9.95. The number of hydrogen-bond donors (Lipinski definition) is 1. The Balaban J connectivity index is 1.48. The molecule has 1 N–H and O–H groups in total. The van der Waals surface area contributed by atoms with Crippen LogP contribution in [0.15, 0.2) is 28.0 Å². The molecule has 2 aromatic heterocycles. The Morgan fingerprint density at radius 2 is 2.14 bits per heavy atom. The van der Waals surface area contributed by atoms with Crippen molar-refractivity contribution in [2.24, 2.45) is 0 Å². The summed E-state index contributed by atoms with van der Waals surface area (Å²) in [4.78, 5) is 12.5. The zero-order chi connectivity index (χ0) is 20.5. The summed E-state index contributed by atoms with van der Waals surface area (Å²) in [5, 5.41) is 12.3. The molecule has 1 aliphatic carbocycles. The highest BCUT2D eigenvalue weighted by Crippen LogP contribution is 2.35. The fourth-order valence-corrected chi connectivity index (χ4v) is 7.13. The standard InChI is InChI=1S/C19H26N4O4S2/c1-19(9-11-29(25,26)13-19)20-16(24)12-28-18-22-21-17(15-8-5-10-27-15)23(18)14-6-3-2-4-7-14/h5,8,10,14H,2-4,6-7,9,11-13H2,1H3,(H,20,24)/t19-/m1/s1. The lowest BCUT2D eigenvalue weighted by Crippen LogP contribution is -2.47. The Hall–Kier alpha value is -1.81. The Morgan fingerprint density at radius 3 is 2.79 bits per heavy atom. The molecule has 1 saturated carbocycles. The Kier molecular flexibility index (Phi) is 5.74. The summed E-state index contributed by atoms with van der Waals surface area (Å²) in [5.74, 6) is 1.46. The largest absolute Gasteiger partial charge is 0.461 e. The third-order valence-corrected chi connectivity index (χ3v) is 8.47. The van der Waals surface area contributed by atoms with E-state index >= 15 is 0 Å². The molecule has 0 unspecified atom stereocenters. The zero-order valence-corrected chi connectivity index (χ0v) is 18.1. The van der Waals surface area contributed by atoms with Gasteiger partial charge in [-0.15, -0.1) is 10.2 Å². The van der Waals surface area contributed by atoms with Gasteiger partial charge in [-0.3, -0.25) is 9.36 Å². The van der Waals surface area contributed by atoms with Crippen LogP contribution in [-0.2, 0) is 14.6 Å². The highest BCUT2D eigenvalue weighted by atomic mass is 32.2. The van der Waals surface area contributed by atoms with Crippen LogP contribution in [0, 0.1) is 0 Å². The molecule has 1 amide bonds. The van der Waals surface area contributed by atoms with Crippen molar-refractivity contribution in [2.75, 3.05) is 17.3 Å². The molecular weight excluding hydrogens is 412 g/mol. The molecule has 0 aromatic carbocycles. The maximum atomic E-state index is 12.5. The van der Waals surface area contributed by atoms with E-state index in [4.69, 9.17) is 4.42 Å². The smallest absolute Gasteiger partial charge is 0.230 e. The van der Waals surface area contributed by atoms with Crippen LogP contribution in [-0.4, -0.2) is 51.9 Å². The fourth-order valence-electron chi connectivity index (χ4n) is 4.23. The van der Waals surface area contributed by atoms with Crippen LogP contribution in [0.1, 0.15) is 51.5 Å². The van der Waals surface area contributed by atoms with E-state index in [9.17, 15) is 13.2 Å². The van der Waals surface area contributed by atoms with Gasteiger partial charge in [-0.25, -0.2) is 8.42 Å². The number of hydrogen-bond acceptors (Lipinski definition) is 7. The highest BCUT2D eigenvalue weighted by molar-refractivity contribution is 7.99. The summed E-state index contributed by atoms with van der Waals surface area (Å²) in [5.41, 5.74) is -0.688. The molecule has 1 atom stereocenters. The van der Waals surface area contributed by atoms with Gasteiger partial charge >= 0.3 is 0 Å². The van der Waals surface area contributed by atoms with Crippen molar-refractivity contribution in [3.05, 3.63) is 18.4 Å². The van der Waals surface area contributed by atoms with E-state index in [1.54, 1.807) is 13.2 Å². The quantitative estimate of drug-likeness (QED) is 0.691. The minimum Gasteiger partial charge on any atom is -0.461 e. The Bertz CT molecular complexity index is 965. The number of amides is 1. The second-order valence-electron chi connectivity index (χ2n) is 8.18. The van der Waals surface area contributed by atoms with Gasteiger partial charge in [-0.05, 0) is 38.3 Å². The maximum absolute atomic E-state index is 12.5. The lowest BCUT2D eigenvalue weighted by molar-refractivity contribution is -0.120. The monoisotopic (exact) mass is 438 g/mol. The van der Waals surface area contributed by atoms with Crippen LogP contribution in [0.4, 0.5) is 0 Å². The normalized spacial score (nSPS) is 24.6. The number of sulfone groups is 1. The minimum atomic E-state index is -3.07. The number of thioether (sulfide) groups is 1. The summed E-state index contributed by atoms with van der Waals surface area (Å²) in [6.45, 7) is 1.79. The molecule has 1 saturated heterocycles. The van der Waals surface area contributed by atoms with Crippen molar-refractivity contribution >= 4 is 27.5 Å². The fraction of sp³-hybridized carbons (Fsp3) is 0.632. The van der Waals surface area contributed by atoms with Gasteiger partial charge in [0.05, 0.1) is 29.1 Å². The molecule has 8 nitrogen and oxygen atoms in total. The molecule has 3 heterocycles. The van der Waals surface area contributed by atoms with Gasteiger partial charge < -0.3 is 9.73 Å². The van der Waals surface area contributed by atoms with Crippen LogP contribution in [0.2, 0.25) is 0 Å². The van der Waals surface area contributed by atoms with Gasteiger partial charge in [0.1, 0.15) is 0 Å². The molecule has 0 spiro atoms. The van der Waals surface area contributed by atoms with Crippen LogP contribution in [0.3, 0.4) is 0 Å². The van der Waals surface area contributed by atoms with E-state index in [0.717, 1.165) is 25.7 Å². The molecule has 29 heavy (non-hydrogen) atoms. The summed E-state index contributed by atoms with van der Waals surface area (Å²) in [6.07, 6.45) is 7.75. The topological polar surface area (TPSA) is 107 Å². The number of carbonyl (C=O) groups is 1. The molecule has 4 rings (SSSR count). The molecule has 0 bridgehead atoms. The molecular formula is C19H26N4O4S2. The van der Waals surface area contributed by atoms with E-state index < -0.39 is 15.4 Å². The van der Waals surface area contributed by atoms with Crippen LogP contribution < -0.4 is 5.32 Å². The van der Waals surface area contributed by atoms with Gasteiger partial charge in [0.25, 0.3) is 0 Å². The molecule has 10 heteroatoms. The maximum Gasteiger partial charge on any atom is 0.230 e. The van der Waals surface area contributed by atoms with Crippen LogP contribution in [0.25, 0.3) is 11.6 Å². The number of carbonyl (C=O) groups excluding carboxylic acids is 1. The molecule has 2 aromatic rings. The molecule has 2 aliphatic rings. The van der Waals surface area contributed by atoms with E-state index in [1.165, 1.54) is 18.2 Å². The van der Waals surface area contributed by atoms with Gasteiger partial charge in [0.2, 0.25) is 11.7 Å². The van der Waals surface area contributed by atoms with Crippen LogP contribution >= 0.6 is 11.8 Å². The first-order valence-corrected chi connectivity index (χ1v) is 12.8. The number of nitrogens with zero attached hydrogens (tertiary/aromatic N) is 3. The third-order valence-electron chi connectivity index (χ3n) is 5.62. The molecule has 1 aliphatic heterocycles. The van der Waals surface area contributed by atoms with E-state index in [0.29, 0.717) is 29.2 Å². The summed E-state index contributed by atoms with van der Waals surface area (Å²) in [6, 6.07) is 3.99. The molecule has 158 valence electrons. The predicted octanol–water partition coefficient (Wildman–Crippen LogP) is 2.83. The van der Waals surface area contributed by atoms with Crippen molar-refractivity contribution < 1.29 is 17.6 Å². The van der Waals surface area contributed by atoms with Crippen molar-refractivity contribution in [3.8, 4) is 11.6 Å². The average Bonchev–Trinajstić information content (AvgIpc) is 3.39. The average molecular weight is 439 g/mol. The summed E-state index contributed by atoms with van der Waals surface area (Å²) < 4.78 is 31.2. The number of rotatable bonds is 6. The van der Waals surface area contributed by atoms with Crippen molar-refractivity contribution in [2.45, 2.75) is 62.2 Å². The lowest BCUT2D eigenvalue weighted by Gasteiger charge is -2.25. The Labute approximate surface area is 174 Å². The Morgan fingerprint density at radius 1 is 1.34 bits per heavy atom. The van der Waals surface area contributed by atoms with Crippen molar-refractivity contribution in [1.82, 2.24) is 20.1 Å². The highest BCUT2D eigenvalue weighted by Gasteiger charge is 2.39. The van der Waals surface area contributed by atoms with E-state index in [-0.39, 0.29) is 23.2 Å². The molecule has 2 fully saturated rings. The number of aromatic nitrogens is 3. The van der Waals surface area contributed by atoms with Gasteiger partial charge in [0.15, 0.2) is 20.8 Å². The number of nitrogens with one attached hydrogen (secondary N) is 1. The number of furan rings is 1. The first-order valence-electron chi connectivity index (χ1n) is 9.98. The first-order chi connectivity index (χ1) is 13.9. The second kappa shape index (κ2) is 8.14. The summed E-state index contributed by atoms with van der Waals surface area (Å²) in [7, 11) is -3.07. The van der Waals surface area contributed by atoms with Gasteiger partial charge in [-0.2, -0.15) is 0 Å². The van der Waals surface area contributed by atoms with Crippen LogP contribution in [0.5, 0.6) is 0 Å². The van der Waals surface area contributed by atoms with Gasteiger partial charge in [0, 0.05) is 6.04 Å². The SMILES string of the molecule is C[C@@]1(NC(=O)CSc2nnc(-c3ccco3)n2C2CCCCC2)CCS(=O)(=O)C1. The van der Waals surface area contributed by atoms with Crippen molar-refractivity contribution in [1.29, 1.82) is 0 Å². The van der Waals surface area contributed by atoms with Gasteiger partial charge in [-0.1, -0.05) is 31.0 Å². The molecule has 0 radical (unpaired) electrons. The minimum absolute atomic E-state index is 0.00267. The second-order valence-corrected chi connectivity index (χ2v) is 11.3. The van der Waals surface area contributed by atoms with Crippen molar-refractivity contribution in [3.63, 3.8) is 0 Å². The summed E-state index contributed by atoms with van der Waals surface area (Å²) >= 11 is 1.34.